The Balaban J connectivity index is 1.30. The number of rotatable bonds is 4. The van der Waals surface area contributed by atoms with E-state index in [1.807, 2.05) is 54.6 Å². The van der Waals surface area contributed by atoms with Crippen molar-refractivity contribution in [3.05, 3.63) is 133 Å². The minimum absolute atomic E-state index is 0.0746. The lowest BCUT2D eigenvalue weighted by Crippen LogP contribution is -2.14. The zero-order valence-corrected chi connectivity index (χ0v) is 24.9. The molecule has 9 nitrogen and oxygen atoms in total. The molecule has 224 valence electrons. The van der Waals surface area contributed by atoms with Crippen molar-refractivity contribution in [1.29, 1.82) is 0 Å². The fraction of sp³-hybridized carbons (Fsp3) is 0.0556. The summed E-state index contributed by atoms with van der Waals surface area (Å²) in [6.07, 6.45) is -0.177. The van der Waals surface area contributed by atoms with Crippen LogP contribution in [-0.4, -0.2) is 10.1 Å². The SMILES string of the molecule is Cc1c2oc(=O)cc(-c3ccccc3)c2cc2c(=O)c(Cc3c(O)ccc4cc(-c5nc6ccccc6s5)c(=O)oc34)c(N)oc12. The molecular weight excluding hydrogens is 604 g/mol. The minimum atomic E-state index is -0.631. The Labute approximate surface area is 262 Å². The van der Waals surface area contributed by atoms with E-state index in [1.165, 1.54) is 23.5 Å². The van der Waals surface area contributed by atoms with Gasteiger partial charge in [-0.05, 0) is 54.4 Å². The molecule has 0 atom stereocenters. The molecule has 8 rings (SSSR count). The fourth-order valence-electron chi connectivity index (χ4n) is 5.93. The van der Waals surface area contributed by atoms with E-state index in [1.54, 1.807) is 25.1 Å². The average molecular weight is 627 g/mol. The number of fused-ring (bicyclic) bond motifs is 4. The van der Waals surface area contributed by atoms with E-state index in [4.69, 9.17) is 19.0 Å². The van der Waals surface area contributed by atoms with Gasteiger partial charge in [-0.25, -0.2) is 14.6 Å². The summed E-state index contributed by atoms with van der Waals surface area (Å²) in [7, 11) is 0. The van der Waals surface area contributed by atoms with Gasteiger partial charge < -0.3 is 24.1 Å². The number of phenolic OH excluding ortho intramolecular Hbond substituents is 1. The maximum absolute atomic E-state index is 14.1. The van der Waals surface area contributed by atoms with E-state index in [0.717, 1.165) is 15.8 Å². The molecule has 4 aromatic heterocycles. The van der Waals surface area contributed by atoms with Gasteiger partial charge in [0, 0.05) is 34.4 Å². The molecule has 0 unspecified atom stereocenters. The number of para-hydroxylation sites is 1. The molecule has 4 aromatic carbocycles. The van der Waals surface area contributed by atoms with Gasteiger partial charge in [0.25, 0.3) is 0 Å². The molecule has 0 radical (unpaired) electrons. The quantitative estimate of drug-likeness (QED) is 0.154. The summed E-state index contributed by atoms with van der Waals surface area (Å²) in [6.45, 7) is 1.69. The maximum atomic E-state index is 14.1. The first kappa shape index (κ1) is 27.5. The number of hydrogen-bond donors (Lipinski definition) is 2. The maximum Gasteiger partial charge on any atom is 0.346 e. The number of nitrogens with zero attached hydrogens (tertiary/aromatic N) is 1. The highest BCUT2D eigenvalue weighted by molar-refractivity contribution is 7.21. The third kappa shape index (κ3) is 4.30. The Morgan fingerprint density at radius 1 is 0.783 bits per heavy atom. The molecule has 0 amide bonds. The molecule has 0 spiro atoms. The van der Waals surface area contributed by atoms with Crippen LogP contribution in [0.25, 0.3) is 64.8 Å². The second-order valence-corrected chi connectivity index (χ2v) is 12.0. The van der Waals surface area contributed by atoms with Crippen LogP contribution in [0.5, 0.6) is 5.75 Å². The Morgan fingerprint density at radius 3 is 2.35 bits per heavy atom. The first-order chi connectivity index (χ1) is 22.3. The fourth-order valence-corrected chi connectivity index (χ4v) is 6.90. The number of aromatic hydroxyl groups is 1. The number of aryl methyl sites for hydroxylation is 1. The number of phenols is 1. The molecule has 0 aliphatic rings. The van der Waals surface area contributed by atoms with Crippen LogP contribution in [0.4, 0.5) is 5.88 Å². The number of benzene rings is 4. The van der Waals surface area contributed by atoms with Crippen LogP contribution in [0, 0.1) is 6.92 Å². The third-order valence-electron chi connectivity index (χ3n) is 8.19. The van der Waals surface area contributed by atoms with Crippen molar-refractivity contribution >= 4 is 60.3 Å². The molecule has 10 heteroatoms. The predicted molar refractivity (Wildman–Crippen MR) is 179 cm³/mol. The number of thiazole rings is 1. The number of anilines is 1. The molecule has 0 fully saturated rings. The normalized spacial score (nSPS) is 11.7. The number of nitrogen functional groups attached to an aromatic ring is 1. The van der Waals surface area contributed by atoms with Crippen LogP contribution in [0.15, 0.2) is 113 Å². The molecule has 4 heterocycles. The van der Waals surface area contributed by atoms with E-state index in [2.05, 4.69) is 4.98 Å². The number of nitrogens with two attached hydrogens (primary N) is 1. The predicted octanol–water partition coefficient (Wildman–Crippen LogP) is 7.14. The third-order valence-corrected chi connectivity index (χ3v) is 9.26. The van der Waals surface area contributed by atoms with Gasteiger partial charge in [-0.1, -0.05) is 42.5 Å². The molecule has 0 aliphatic carbocycles. The summed E-state index contributed by atoms with van der Waals surface area (Å²) in [4.78, 5) is 44.4. The Hall–Kier alpha value is -6.00. The van der Waals surface area contributed by atoms with Crippen LogP contribution in [0.2, 0.25) is 0 Å². The standard InChI is InChI=1S/C36H22N2O7S/c1-17-31-21(20(16-29(40)43-31)18-7-3-2-4-8-18)14-23-30(41)24(34(37)44-32(17)23)15-22-27(39)12-11-19-13-25(36(42)45-33(19)22)35-38-26-9-5-6-10-28(26)46-35/h2-14,16,39H,15,37H2,1H3. The van der Waals surface area contributed by atoms with Gasteiger partial charge in [-0.15, -0.1) is 11.3 Å². The molecule has 0 saturated carbocycles. The summed E-state index contributed by atoms with van der Waals surface area (Å²) in [5, 5.41) is 12.8. The van der Waals surface area contributed by atoms with Crippen LogP contribution >= 0.6 is 11.3 Å². The second-order valence-electron chi connectivity index (χ2n) is 11.0. The molecule has 0 saturated heterocycles. The van der Waals surface area contributed by atoms with Gasteiger partial charge in [0.1, 0.15) is 27.5 Å². The second kappa shape index (κ2) is 10.3. The molecule has 0 bridgehead atoms. The highest BCUT2D eigenvalue weighted by atomic mass is 32.1. The monoisotopic (exact) mass is 626 g/mol. The van der Waals surface area contributed by atoms with Crippen LogP contribution in [0.1, 0.15) is 16.7 Å². The largest absolute Gasteiger partial charge is 0.508 e. The Morgan fingerprint density at radius 2 is 1.54 bits per heavy atom. The van der Waals surface area contributed by atoms with Gasteiger partial charge in [0.15, 0.2) is 11.3 Å². The van der Waals surface area contributed by atoms with Crippen molar-refractivity contribution in [1.82, 2.24) is 4.98 Å². The van der Waals surface area contributed by atoms with Crippen LogP contribution in [0.3, 0.4) is 0 Å². The lowest BCUT2D eigenvalue weighted by Gasteiger charge is -2.13. The van der Waals surface area contributed by atoms with Crippen molar-refractivity contribution in [2.45, 2.75) is 13.3 Å². The lowest BCUT2D eigenvalue weighted by molar-refractivity contribution is 0.466. The topological polar surface area (TPSA) is 150 Å². The first-order valence-electron chi connectivity index (χ1n) is 14.3. The van der Waals surface area contributed by atoms with Crippen molar-refractivity contribution in [3.63, 3.8) is 0 Å². The van der Waals surface area contributed by atoms with Gasteiger partial charge >= 0.3 is 11.3 Å². The summed E-state index contributed by atoms with van der Waals surface area (Å²) >= 11 is 1.38. The Kier molecular flexibility index (Phi) is 6.16. The van der Waals surface area contributed by atoms with Crippen molar-refractivity contribution in [2.75, 3.05) is 5.73 Å². The van der Waals surface area contributed by atoms with Gasteiger partial charge in [-0.2, -0.15) is 0 Å². The summed E-state index contributed by atoms with van der Waals surface area (Å²) in [6, 6.07) is 24.7. The van der Waals surface area contributed by atoms with Crippen LogP contribution < -0.4 is 22.4 Å². The highest BCUT2D eigenvalue weighted by Gasteiger charge is 2.23. The highest BCUT2D eigenvalue weighted by Crippen LogP contribution is 2.36. The summed E-state index contributed by atoms with van der Waals surface area (Å²) in [5.74, 6) is -0.350. The van der Waals surface area contributed by atoms with Gasteiger partial charge in [0.2, 0.25) is 0 Å². The average Bonchev–Trinajstić information content (AvgIpc) is 3.49. The molecule has 8 aromatic rings. The van der Waals surface area contributed by atoms with Crippen molar-refractivity contribution < 1.29 is 18.4 Å². The van der Waals surface area contributed by atoms with Crippen molar-refractivity contribution in [2.24, 2.45) is 0 Å². The number of hydrogen-bond acceptors (Lipinski definition) is 10. The summed E-state index contributed by atoms with van der Waals surface area (Å²) < 4.78 is 18.3. The van der Waals surface area contributed by atoms with Crippen molar-refractivity contribution in [3.8, 4) is 27.4 Å². The van der Waals surface area contributed by atoms with E-state index in [-0.39, 0.29) is 51.3 Å². The van der Waals surface area contributed by atoms with Crippen LogP contribution in [-0.2, 0) is 6.42 Å². The first-order valence-corrected chi connectivity index (χ1v) is 15.1. The molecule has 46 heavy (non-hydrogen) atoms. The van der Waals surface area contributed by atoms with E-state index in [0.29, 0.717) is 32.5 Å². The van der Waals surface area contributed by atoms with E-state index >= 15 is 0 Å². The smallest absolute Gasteiger partial charge is 0.346 e. The zero-order chi connectivity index (χ0) is 31.7. The molecule has 3 N–H and O–H groups in total. The minimum Gasteiger partial charge on any atom is -0.508 e. The summed E-state index contributed by atoms with van der Waals surface area (Å²) in [5.41, 5.74) is 8.47. The Bertz CT molecular complexity index is 2690. The van der Waals surface area contributed by atoms with Gasteiger partial charge in [0.05, 0.1) is 26.7 Å². The van der Waals surface area contributed by atoms with Gasteiger partial charge in [-0.3, -0.25) is 4.79 Å². The van der Waals surface area contributed by atoms with E-state index < -0.39 is 16.7 Å². The molecule has 0 aliphatic heterocycles. The number of aromatic nitrogens is 1. The lowest BCUT2D eigenvalue weighted by atomic mass is 9.96. The molecular formula is C36H22N2O7S. The van der Waals surface area contributed by atoms with E-state index in [9.17, 15) is 19.5 Å². The zero-order valence-electron chi connectivity index (χ0n) is 24.1.